The minimum atomic E-state index is -4.58. The summed E-state index contributed by atoms with van der Waals surface area (Å²) in [5, 5.41) is 3.43. The zero-order valence-corrected chi connectivity index (χ0v) is 20.2. The van der Waals surface area contributed by atoms with Gasteiger partial charge in [-0.25, -0.2) is 9.18 Å². The van der Waals surface area contributed by atoms with E-state index in [1.807, 2.05) is 39.0 Å². The van der Waals surface area contributed by atoms with Crippen LogP contribution in [0.5, 0.6) is 5.75 Å². The van der Waals surface area contributed by atoms with Crippen LogP contribution in [0.3, 0.4) is 0 Å². The molecule has 0 aromatic heterocycles. The molecule has 1 N–H and O–H groups in total. The number of rotatable bonds is 5. The summed E-state index contributed by atoms with van der Waals surface area (Å²) in [6, 6.07) is 12.0. The average Bonchev–Trinajstić information content (AvgIpc) is 2.81. The molecule has 0 saturated carbocycles. The van der Waals surface area contributed by atoms with Crippen molar-refractivity contribution in [3.63, 3.8) is 0 Å². The van der Waals surface area contributed by atoms with Gasteiger partial charge in [-0.1, -0.05) is 18.2 Å². The summed E-state index contributed by atoms with van der Waals surface area (Å²) in [6.45, 7) is 5.75. The van der Waals surface area contributed by atoms with Crippen molar-refractivity contribution >= 4 is 17.2 Å². The Kier molecular flexibility index (Phi) is 6.56. The van der Waals surface area contributed by atoms with E-state index in [0.717, 1.165) is 35.0 Å². The first-order valence-electron chi connectivity index (χ1n) is 11.2. The van der Waals surface area contributed by atoms with Crippen LogP contribution in [0.4, 0.5) is 23.2 Å². The van der Waals surface area contributed by atoms with Gasteiger partial charge in [0.1, 0.15) is 18.2 Å². The Morgan fingerprint density at radius 1 is 1.03 bits per heavy atom. The van der Waals surface area contributed by atoms with Crippen LogP contribution in [0.25, 0.3) is 16.7 Å². The van der Waals surface area contributed by atoms with Gasteiger partial charge in [0, 0.05) is 28.4 Å². The lowest BCUT2D eigenvalue weighted by molar-refractivity contribution is -0.137. The van der Waals surface area contributed by atoms with Gasteiger partial charge in [0.2, 0.25) is 0 Å². The van der Waals surface area contributed by atoms with Crippen molar-refractivity contribution < 1.29 is 31.8 Å². The number of fused-ring (bicyclic) bond motifs is 1. The first kappa shape index (κ1) is 25.3. The number of alkyl halides is 3. The molecule has 0 radical (unpaired) electrons. The topological polar surface area (TPSA) is 47.6 Å². The van der Waals surface area contributed by atoms with E-state index in [2.05, 4.69) is 5.32 Å². The van der Waals surface area contributed by atoms with Gasteiger partial charge in [-0.05, 0) is 68.3 Å². The van der Waals surface area contributed by atoms with Crippen LogP contribution in [0.15, 0.2) is 60.7 Å². The predicted octanol–water partition coefficient (Wildman–Crippen LogP) is 7.48. The molecule has 188 valence electrons. The number of hydrogen-bond donors (Lipinski definition) is 1. The third-order valence-corrected chi connectivity index (χ3v) is 5.97. The second kappa shape index (κ2) is 9.33. The molecule has 0 bridgehead atoms. The Labute approximate surface area is 206 Å². The van der Waals surface area contributed by atoms with Crippen molar-refractivity contribution in [1.29, 1.82) is 0 Å². The highest BCUT2D eigenvalue weighted by Gasteiger charge is 2.31. The third-order valence-electron chi connectivity index (χ3n) is 5.97. The quantitative estimate of drug-likeness (QED) is 0.292. The maximum Gasteiger partial charge on any atom is 0.416 e. The number of nitrogens with one attached hydrogen (secondary N) is 1. The molecule has 3 aromatic rings. The lowest BCUT2D eigenvalue weighted by Crippen LogP contribution is -2.32. The average molecular weight is 500 g/mol. The van der Waals surface area contributed by atoms with Crippen molar-refractivity contribution in [2.45, 2.75) is 39.1 Å². The Morgan fingerprint density at radius 3 is 2.44 bits per heavy atom. The number of ether oxygens (including phenoxy) is 2. The van der Waals surface area contributed by atoms with Crippen molar-refractivity contribution in [1.82, 2.24) is 0 Å². The summed E-state index contributed by atoms with van der Waals surface area (Å²) in [5.74, 6) is -1.06. The monoisotopic (exact) mass is 499 g/mol. The van der Waals surface area contributed by atoms with E-state index in [1.165, 1.54) is 25.3 Å². The van der Waals surface area contributed by atoms with E-state index in [0.29, 0.717) is 22.4 Å². The summed E-state index contributed by atoms with van der Waals surface area (Å²) in [5.41, 5.74) is 2.94. The zero-order valence-electron chi connectivity index (χ0n) is 20.2. The van der Waals surface area contributed by atoms with Gasteiger partial charge in [0.05, 0.1) is 23.8 Å². The second-order valence-corrected chi connectivity index (χ2v) is 9.19. The Balaban J connectivity index is 1.78. The number of carbonyl (C=O) groups excluding carboxylic acids is 1. The fraction of sp³-hybridized carbons (Fsp3) is 0.250. The highest BCUT2D eigenvalue weighted by Crippen LogP contribution is 2.43. The van der Waals surface area contributed by atoms with E-state index >= 15 is 0 Å². The van der Waals surface area contributed by atoms with Crippen LogP contribution in [0.2, 0.25) is 0 Å². The molecule has 0 amide bonds. The van der Waals surface area contributed by atoms with E-state index in [1.54, 1.807) is 6.07 Å². The second-order valence-electron chi connectivity index (χ2n) is 9.19. The maximum absolute atomic E-state index is 13.9. The number of benzene rings is 3. The van der Waals surface area contributed by atoms with E-state index < -0.39 is 23.5 Å². The SMILES string of the molecule is COc1cc(F)ccc1-c1ccc2c(c1COC(=O)c1cccc(C(F)(F)F)c1)C(C)=CC(C)(C)N2. The summed E-state index contributed by atoms with van der Waals surface area (Å²) in [7, 11) is 1.43. The number of halogens is 4. The Morgan fingerprint density at radius 2 is 1.75 bits per heavy atom. The van der Waals surface area contributed by atoms with E-state index in [9.17, 15) is 22.4 Å². The molecule has 1 heterocycles. The van der Waals surface area contributed by atoms with Gasteiger partial charge in [-0.15, -0.1) is 0 Å². The summed E-state index contributed by atoms with van der Waals surface area (Å²) < 4.78 is 64.1. The molecular formula is C28H25F4NO3. The molecule has 0 unspecified atom stereocenters. The minimum absolute atomic E-state index is 0.206. The summed E-state index contributed by atoms with van der Waals surface area (Å²) in [4.78, 5) is 12.8. The highest BCUT2D eigenvalue weighted by atomic mass is 19.4. The summed E-state index contributed by atoms with van der Waals surface area (Å²) in [6.07, 6.45) is -2.54. The van der Waals surface area contributed by atoms with Crippen molar-refractivity contribution in [3.05, 3.63) is 88.7 Å². The molecule has 3 aromatic carbocycles. The van der Waals surface area contributed by atoms with Gasteiger partial charge in [0.15, 0.2) is 0 Å². The number of carbonyl (C=O) groups is 1. The van der Waals surface area contributed by atoms with Crippen LogP contribution >= 0.6 is 0 Å². The molecule has 8 heteroatoms. The molecule has 0 atom stereocenters. The number of anilines is 1. The molecule has 1 aliphatic rings. The molecular weight excluding hydrogens is 474 g/mol. The first-order valence-corrected chi connectivity index (χ1v) is 11.2. The Bertz CT molecular complexity index is 1360. The zero-order chi connectivity index (χ0) is 26.3. The number of esters is 1. The molecule has 0 spiro atoms. The Hall–Kier alpha value is -3.81. The predicted molar refractivity (Wildman–Crippen MR) is 130 cm³/mol. The normalized spacial score (nSPS) is 14.4. The minimum Gasteiger partial charge on any atom is -0.496 e. The lowest BCUT2D eigenvalue weighted by atomic mass is 9.85. The molecule has 36 heavy (non-hydrogen) atoms. The van der Waals surface area contributed by atoms with E-state index in [4.69, 9.17) is 9.47 Å². The summed E-state index contributed by atoms with van der Waals surface area (Å²) >= 11 is 0. The van der Waals surface area contributed by atoms with Gasteiger partial charge in [-0.2, -0.15) is 13.2 Å². The molecule has 4 rings (SSSR count). The number of methoxy groups -OCH3 is 1. The molecule has 0 saturated heterocycles. The van der Waals surface area contributed by atoms with Gasteiger partial charge in [0.25, 0.3) is 0 Å². The molecule has 0 aliphatic carbocycles. The van der Waals surface area contributed by atoms with Crippen molar-refractivity contribution in [3.8, 4) is 16.9 Å². The highest BCUT2D eigenvalue weighted by molar-refractivity contribution is 5.91. The molecule has 1 aliphatic heterocycles. The van der Waals surface area contributed by atoms with Gasteiger partial charge >= 0.3 is 12.1 Å². The third kappa shape index (κ3) is 5.08. The fourth-order valence-corrected chi connectivity index (χ4v) is 4.53. The van der Waals surface area contributed by atoms with Crippen molar-refractivity contribution in [2.24, 2.45) is 0 Å². The lowest BCUT2D eigenvalue weighted by Gasteiger charge is -2.33. The van der Waals surface area contributed by atoms with Crippen LogP contribution in [0.1, 0.15) is 47.8 Å². The first-order chi connectivity index (χ1) is 16.9. The molecule has 4 nitrogen and oxygen atoms in total. The van der Waals surface area contributed by atoms with Gasteiger partial charge in [-0.3, -0.25) is 0 Å². The van der Waals surface area contributed by atoms with Crippen LogP contribution < -0.4 is 10.1 Å². The standard InChI is InChI=1S/C28H25F4NO3/c1-16-14-27(2,3)33-23-11-10-20(21-9-8-19(29)13-24(21)35-4)22(25(16)23)15-36-26(34)17-6-5-7-18(12-17)28(30,31)32/h5-14,33H,15H2,1-4H3. The van der Waals surface area contributed by atoms with Crippen LogP contribution in [0, 0.1) is 5.82 Å². The van der Waals surface area contributed by atoms with Crippen LogP contribution in [-0.2, 0) is 17.5 Å². The number of allylic oxidation sites excluding steroid dienone is 1. The molecule has 0 fully saturated rings. The van der Waals surface area contributed by atoms with E-state index in [-0.39, 0.29) is 17.7 Å². The fourth-order valence-electron chi connectivity index (χ4n) is 4.53. The maximum atomic E-state index is 13.9. The van der Waals surface area contributed by atoms with Crippen molar-refractivity contribution in [2.75, 3.05) is 12.4 Å². The van der Waals surface area contributed by atoms with Gasteiger partial charge < -0.3 is 14.8 Å². The largest absolute Gasteiger partial charge is 0.496 e. The smallest absolute Gasteiger partial charge is 0.416 e. The number of hydrogen-bond acceptors (Lipinski definition) is 4. The van der Waals surface area contributed by atoms with Crippen LogP contribution in [-0.4, -0.2) is 18.6 Å².